The van der Waals surface area contributed by atoms with E-state index < -0.39 is 0 Å². The molecule has 2 rings (SSSR count). The van der Waals surface area contributed by atoms with Crippen LogP contribution in [0.1, 0.15) is 39.5 Å². The first-order valence-corrected chi connectivity index (χ1v) is 6.27. The Bertz CT molecular complexity index is 594. The molecule has 0 aliphatic rings. The van der Waals surface area contributed by atoms with Crippen LogP contribution in [0.5, 0.6) is 0 Å². The van der Waals surface area contributed by atoms with E-state index in [1.165, 1.54) is 0 Å². The first-order chi connectivity index (χ1) is 8.89. The smallest absolute Gasteiger partial charge is 0.293 e. The van der Waals surface area contributed by atoms with Crippen LogP contribution in [0.3, 0.4) is 0 Å². The van der Waals surface area contributed by atoms with Crippen molar-refractivity contribution in [3.8, 4) is 0 Å². The molecule has 1 unspecified atom stereocenters. The minimum atomic E-state index is -0.273. The van der Waals surface area contributed by atoms with Gasteiger partial charge in [0.25, 0.3) is 5.56 Å². The molecule has 0 aliphatic carbocycles. The Hall–Kier alpha value is -2.04. The molecule has 0 spiro atoms. The average Bonchev–Trinajstić information content (AvgIpc) is 2.83. The Morgan fingerprint density at radius 3 is 2.74 bits per heavy atom. The van der Waals surface area contributed by atoms with Crippen molar-refractivity contribution in [3.63, 3.8) is 0 Å². The van der Waals surface area contributed by atoms with Gasteiger partial charge in [0.05, 0.1) is 12.3 Å². The van der Waals surface area contributed by atoms with Gasteiger partial charge in [-0.25, -0.2) is 4.98 Å². The summed E-state index contributed by atoms with van der Waals surface area (Å²) in [4.78, 5) is 16.4. The Balaban J connectivity index is 2.30. The maximum atomic E-state index is 12.3. The molecule has 2 aromatic rings. The summed E-state index contributed by atoms with van der Waals surface area (Å²) in [5.74, 6) is 1.11. The number of rotatable bonds is 3. The molecule has 19 heavy (non-hydrogen) atoms. The lowest BCUT2D eigenvalue weighted by Gasteiger charge is -2.23. The van der Waals surface area contributed by atoms with Gasteiger partial charge in [0, 0.05) is 17.9 Å². The van der Waals surface area contributed by atoms with E-state index in [4.69, 9.17) is 4.42 Å². The number of nitrogens with one attached hydrogen (secondary N) is 1. The quantitative estimate of drug-likeness (QED) is 0.923. The summed E-state index contributed by atoms with van der Waals surface area (Å²) in [5, 5.41) is 3.09. The highest BCUT2D eigenvalue weighted by molar-refractivity contribution is 5.34. The van der Waals surface area contributed by atoms with Crippen LogP contribution < -0.4 is 10.9 Å². The summed E-state index contributed by atoms with van der Waals surface area (Å²) in [6.45, 7) is 7.87. The molecule has 2 heterocycles. The molecule has 0 bridgehead atoms. The Kier molecular flexibility index (Phi) is 3.46. The Labute approximate surface area is 112 Å². The minimum absolute atomic E-state index is 0.106. The second-order valence-electron chi connectivity index (χ2n) is 5.50. The molecular weight excluding hydrogens is 242 g/mol. The van der Waals surface area contributed by atoms with Crippen LogP contribution in [0, 0.1) is 0 Å². The Morgan fingerprint density at radius 1 is 1.42 bits per heavy atom. The normalized spacial score (nSPS) is 13.3. The molecule has 0 aromatic carbocycles. The van der Waals surface area contributed by atoms with E-state index in [0.29, 0.717) is 5.82 Å². The van der Waals surface area contributed by atoms with Gasteiger partial charge in [-0.15, -0.1) is 0 Å². The lowest BCUT2D eigenvalue weighted by Crippen LogP contribution is -2.35. The van der Waals surface area contributed by atoms with Gasteiger partial charge in [-0.2, -0.15) is 0 Å². The second-order valence-corrected chi connectivity index (χ2v) is 5.50. The van der Waals surface area contributed by atoms with E-state index in [0.717, 1.165) is 5.76 Å². The monoisotopic (exact) mass is 261 g/mol. The highest BCUT2D eigenvalue weighted by Gasteiger charge is 2.18. The molecule has 0 amide bonds. The first-order valence-electron chi connectivity index (χ1n) is 6.27. The van der Waals surface area contributed by atoms with Gasteiger partial charge < -0.3 is 14.3 Å². The van der Waals surface area contributed by atoms with E-state index in [2.05, 4.69) is 10.3 Å². The molecule has 1 atom stereocenters. The molecule has 0 fully saturated rings. The van der Waals surface area contributed by atoms with Gasteiger partial charge in [0.2, 0.25) is 0 Å². The molecule has 5 nitrogen and oxygen atoms in total. The molecule has 102 valence electrons. The minimum Gasteiger partial charge on any atom is -0.467 e. The summed E-state index contributed by atoms with van der Waals surface area (Å²) < 4.78 is 6.97. The second kappa shape index (κ2) is 4.91. The summed E-state index contributed by atoms with van der Waals surface area (Å²) in [5.41, 5.74) is -0.405. The summed E-state index contributed by atoms with van der Waals surface area (Å²) in [7, 11) is 0. The van der Waals surface area contributed by atoms with Crippen LogP contribution >= 0.6 is 0 Å². The fourth-order valence-electron chi connectivity index (χ4n) is 1.85. The van der Waals surface area contributed by atoms with Gasteiger partial charge >= 0.3 is 0 Å². The van der Waals surface area contributed by atoms with Gasteiger partial charge in [-0.1, -0.05) is 0 Å². The van der Waals surface area contributed by atoms with Gasteiger partial charge in [0.15, 0.2) is 5.82 Å². The molecule has 0 saturated heterocycles. The molecular formula is C14H19N3O2. The van der Waals surface area contributed by atoms with Crippen molar-refractivity contribution in [3.05, 3.63) is 46.9 Å². The van der Waals surface area contributed by atoms with Crippen LogP contribution in [-0.2, 0) is 5.54 Å². The average molecular weight is 261 g/mol. The molecule has 1 N–H and O–H groups in total. The van der Waals surface area contributed by atoms with Gasteiger partial charge in [-0.3, -0.25) is 4.79 Å². The van der Waals surface area contributed by atoms with Crippen molar-refractivity contribution in [1.29, 1.82) is 0 Å². The van der Waals surface area contributed by atoms with Crippen LogP contribution in [0.4, 0.5) is 5.82 Å². The maximum absolute atomic E-state index is 12.3. The maximum Gasteiger partial charge on any atom is 0.293 e. The van der Waals surface area contributed by atoms with E-state index in [1.54, 1.807) is 23.2 Å². The standard InChI is InChI=1S/C14H19N3O2/c1-10(11-6-5-9-19-11)16-12-13(18)17(8-7-15-12)14(2,3)4/h5-10H,1-4H3,(H,15,16). The van der Waals surface area contributed by atoms with Crippen LogP contribution in [0.25, 0.3) is 0 Å². The fraction of sp³-hybridized carbons (Fsp3) is 0.429. The summed E-state index contributed by atoms with van der Waals surface area (Å²) in [6.07, 6.45) is 4.94. The molecule has 0 aliphatic heterocycles. The van der Waals surface area contributed by atoms with E-state index in [9.17, 15) is 4.79 Å². The molecule has 0 radical (unpaired) electrons. The van der Waals surface area contributed by atoms with Crippen molar-refractivity contribution < 1.29 is 4.42 Å². The first kappa shape index (κ1) is 13.4. The lowest BCUT2D eigenvalue weighted by molar-refractivity contribution is 0.383. The molecule has 2 aromatic heterocycles. The summed E-state index contributed by atoms with van der Waals surface area (Å²) >= 11 is 0. The van der Waals surface area contributed by atoms with Gasteiger partial charge in [0.1, 0.15) is 5.76 Å². The van der Waals surface area contributed by atoms with E-state index in [-0.39, 0.29) is 17.1 Å². The third-order valence-electron chi connectivity index (χ3n) is 2.89. The Morgan fingerprint density at radius 2 is 2.16 bits per heavy atom. The zero-order chi connectivity index (χ0) is 14.0. The number of hydrogen-bond donors (Lipinski definition) is 1. The van der Waals surface area contributed by atoms with Gasteiger partial charge in [-0.05, 0) is 39.8 Å². The fourth-order valence-corrected chi connectivity index (χ4v) is 1.85. The predicted octanol–water partition coefficient (Wildman–Crippen LogP) is 2.76. The van der Waals surface area contributed by atoms with Crippen molar-refractivity contribution >= 4 is 5.82 Å². The zero-order valence-corrected chi connectivity index (χ0v) is 11.7. The summed E-state index contributed by atoms with van der Waals surface area (Å²) in [6, 6.07) is 3.58. The SMILES string of the molecule is CC(Nc1nccn(C(C)(C)C)c1=O)c1ccco1. The number of aromatic nitrogens is 2. The third kappa shape index (κ3) is 2.86. The predicted molar refractivity (Wildman–Crippen MR) is 74.2 cm³/mol. The van der Waals surface area contributed by atoms with E-state index >= 15 is 0 Å². The number of furan rings is 1. The van der Waals surface area contributed by atoms with Crippen molar-refractivity contribution in [2.75, 3.05) is 5.32 Å². The third-order valence-corrected chi connectivity index (χ3v) is 2.89. The number of anilines is 1. The highest BCUT2D eigenvalue weighted by Crippen LogP contribution is 2.17. The van der Waals surface area contributed by atoms with Crippen molar-refractivity contribution in [2.45, 2.75) is 39.3 Å². The largest absolute Gasteiger partial charge is 0.467 e. The molecule has 5 heteroatoms. The molecule has 0 saturated carbocycles. The zero-order valence-electron chi connectivity index (χ0n) is 11.7. The number of hydrogen-bond acceptors (Lipinski definition) is 4. The van der Waals surface area contributed by atoms with Crippen molar-refractivity contribution in [2.24, 2.45) is 0 Å². The number of nitrogens with zero attached hydrogens (tertiary/aromatic N) is 2. The van der Waals surface area contributed by atoms with Crippen molar-refractivity contribution in [1.82, 2.24) is 9.55 Å². The highest BCUT2D eigenvalue weighted by atomic mass is 16.3. The van der Waals surface area contributed by atoms with Crippen LogP contribution in [0.15, 0.2) is 40.0 Å². The topological polar surface area (TPSA) is 60.1 Å². The van der Waals surface area contributed by atoms with Crippen LogP contribution in [0.2, 0.25) is 0 Å². The van der Waals surface area contributed by atoms with E-state index in [1.807, 2.05) is 39.8 Å². The van der Waals surface area contributed by atoms with Crippen LogP contribution in [-0.4, -0.2) is 9.55 Å². The lowest BCUT2D eigenvalue weighted by atomic mass is 10.1.